The molecule has 0 bridgehead atoms. The molecule has 1 aliphatic rings. The molecule has 0 aromatic heterocycles. The highest BCUT2D eigenvalue weighted by Gasteiger charge is 2.36. The largest absolute Gasteiger partial charge is 0.429 e. The molecule has 0 fully saturated rings. The van der Waals surface area contributed by atoms with E-state index < -0.39 is 12.7 Å². The number of fused-ring (bicyclic) bond motifs is 1. The lowest BCUT2D eigenvalue weighted by molar-refractivity contribution is -0.166. The van der Waals surface area contributed by atoms with Gasteiger partial charge in [0.25, 0.3) is 0 Å². The van der Waals surface area contributed by atoms with Crippen molar-refractivity contribution in [1.29, 1.82) is 0 Å². The first-order chi connectivity index (χ1) is 6.08. The highest BCUT2D eigenvalue weighted by Crippen LogP contribution is 2.38. The summed E-state index contributed by atoms with van der Waals surface area (Å²) in [5.74, 6) is 0.0868. The molecule has 0 amide bonds. The standard InChI is InChI=1S/C8H6ClF2NO/c9-5-2-1-3-6-7(5)12-4-8(10,11)13-6/h1-3,12H,4H2. The molecule has 0 saturated carbocycles. The van der Waals surface area contributed by atoms with E-state index in [9.17, 15) is 8.78 Å². The van der Waals surface area contributed by atoms with Gasteiger partial charge in [-0.1, -0.05) is 17.7 Å². The minimum Gasteiger partial charge on any atom is -0.429 e. The molecule has 0 saturated heterocycles. The first-order valence-electron chi connectivity index (χ1n) is 3.68. The van der Waals surface area contributed by atoms with Crippen molar-refractivity contribution in [2.24, 2.45) is 0 Å². The molecule has 1 heterocycles. The fourth-order valence-electron chi connectivity index (χ4n) is 1.15. The van der Waals surface area contributed by atoms with Crippen molar-refractivity contribution in [1.82, 2.24) is 0 Å². The van der Waals surface area contributed by atoms with Gasteiger partial charge >= 0.3 is 6.11 Å². The third-order valence-electron chi connectivity index (χ3n) is 1.71. The summed E-state index contributed by atoms with van der Waals surface area (Å²) in [7, 11) is 0. The average Bonchev–Trinajstić information content (AvgIpc) is 2.02. The van der Waals surface area contributed by atoms with Crippen LogP contribution >= 0.6 is 11.6 Å². The topological polar surface area (TPSA) is 21.3 Å². The van der Waals surface area contributed by atoms with Gasteiger partial charge in [-0.3, -0.25) is 0 Å². The lowest BCUT2D eigenvalue weighted by Gasteiger charge is -2.26. The summed E-state index contributed by atoms with van der Waals surface area (Å²) >= 11 is 5.75. The number of hydrogen-bond donors (Lipinski definition) is 1. The molecule has 0 aliphatic carbocycles. The van der Waals surface area contributed by atoms with Gasteiger partial charge in [-0.2, -0.15) is 8.78 Å². The highest BCUT2D eigenvalue weighted by atomic mass is 35.5. The fourth-order valence-corrected chi connectivity index (χ4v) is 1.38. The van der Waals surface area contributed by atoms with E-state index in [1.807, 2.05) is 0 Å². The number of halogens is 3. The smallest absolute Gasteiger partial charge is 0.415 e. The minimum atomic E-state index is -3.16. The van der Waals surface area contributed by atoms with Crippen LogP contribution in [-0.2, 0) is 0 Å². The zero-order valence-electron chi connectivity index (χ0n) is 6.48. The number of para-hydroxylation sites is 1. The molecule has 1 aromatic carbocycles. The predicted molar refractivity (Wildman–Crippen MR) is 45.5 cm³/mol. The summed E-state index contributed by atoms with van der Waals surface area (Å²) in [6.07, 6.45) is -3.16. The SMILES string of the molecule is FC1(F)CNc2c(Cl)cccc2O1. The number of anilines is 1. The molecular formula is C8H6ClF2NO. The lowest BCUT2D eigenvalue weighted by atomic mass is 10.2. The summed E-state index contributed by atoms with van der Waals surface area (Å²) in [4.78, 5) is 0. The van der Waals surface area contributed by atoms with E-state index in [4.69, 9.17) is 11.6 Å². The summed E-state index contributed by atoms with van der Waals surface area (Å²) in [6, 6.07) is 4.62. The Labute approximate surface area is 78.5 Å². The van der Waals surface area contributed by atoms with Gasteiger partial charge in [0.1, 0.15) is 6.54 Å². The van der Waals surface area contributed by atoms with Gasteiger partial charge in [0, 0.05) is 0 Å². The molecule has 0 atom stereocenters. The molecule has 0 spiro atoms. The Morgan fingerprint density at radius 2 is 2.23 bits per heavy atom. The number of rotatable bonds is 0. The Morgan fingerprint density at radius 3 is 3.00 bits per heavy atom. The number of benzene rings is 1. The van der Waals surface area contributed by atoms with E-state index >= 15 is 0 Å². The van der Waals surface area contributed by atoms with E-state index in [-0.39, 0.29) is 5.75 Å². The number of alkyl halides is 2. The normalized spacial score (nSPS) is 18.4. The van der Waals surface area contributed by atoms with Crippen LogP contribution in [0.5, 0.6) is 5.75 Å². The van der Waals surface area contributed by atoms with Gasteiger partial charge in [-0.25, -0.2) is 0 Å². The molecule has 0 unspecified atom stereocenters. The molecule has 5 heteroatoms. The second kappa shape index (κ2) is 2.73. The van der Waals surface area contributed by atoms with Gasteiger partial charge in [0.2, 0.25) is 0 Å². The van der Waals surface area contributed by atoms with Crippen molar-refractivity contribution >= 4 is 17.3 Å². The third kappa shape index (κ3) is 1.54. The average molecular weight is 206 g/mol. The minimum absolute atomic E-state index is 0.0868. The Morgan fingerprint density at radius 1 is 1.46 bits per heavy atom. The van der Waals surface area contributed by atoms with Crippen molar-refractivity contribution < 1.29 is 13.5 Å². The summed E-state index contributed by atoms with van der Waals surface area (Å²) < 4.78 is 29.8. The van der Waals surface area contributed by atoms with Gasteiger partial charge in [-0.15, -0.1) is 0 Å². The number of ether oxygens (including phenoxy) is 1. The molecule has 1 aliphatic heterocycles. The lowest BCUT2D eigenvalue weighted by Crippen LogP contribution is -2.37. The monoisotopic (exact) mass is 205 g/mol. The van der Waals surface area contributed by atoms with E-state index in [1.165, 1.54) is 6.07 Å². The Hall–Kier alpha value is -1.03. The van der Waals surface area contributed by atoms with E-state index in [1.54, 1.807) is 12.1 Å². The highest BCUT2D eigenvalue weighted by molar-refractivity contribution is 6.33. The maximum Gasteiger partial charge on any atom is 0.415 e. The van der Waals surface area contributed by atoms with Crippen LogP contribution in [0.2, 0.25) is 5.02 Å². The van der Waals surface area contributed by atoms with Crippen LogP contribution in [0.4, 0.5) is 14.5 Å². The first-order valence-corrected chi connectivity index (χ1v) is 4.05. The zero-order chi connectivity index (χ0) is 9.47. The van der Waals surface area contributed by atoms with Gasteiger partial charge in [0.15, 0.2) is 5.75 Å². The Bertz CT molecular complexity index is 343. The Balaban J connectivity index is 2.42. The molecule has 13 heavy (non-hydrogen) atoms. The van der Waals surface area contributed by atoms with Gasteiger partial charge in [0.05, 0.1) is 10.7 Å². The van der Waals surface area contributed by atoms with Crippen LogP contribution < -0.4 is 10.1 Å². The summed E-state index contributed by atoms with van der Waals surface area (Å²) in [5, 5.41) is 2.90. The molecule has 70 valence electrons. The van der Waals surface area contributed by atoms with Gasteiger partial charge in [-0.05, 0) is 12.1 Å². The van der Waals surface area contributed by atoms with Crippen LogP contribution in [0.25, 0.3) is 0 Å². The second-order valence-corrected chi connectivity index (χ2v) is 3.11. The number of hydrogen-bond acceptors (Lipinski definition) is 2. The van der Waals surface area contributed by atoms with Crippen LogP contribution in [-0.4, -0.2) is 12.7 Å². The molecule has 0 radical (unpaired) electrons. The molecule has 2 rings (SSSR count). The molecular weight excluding hydrogens is 200 g/mol. The van der Waals surface area contributed by atoms with Crippen molar-refractivity contribution in [2.75, 3.05) is 11.9 Å². The molecule has 1 N–H and O–H groups in total. The third-order valence-corrected chi connectivity index (χ3v) is 2.02. The zero-order valence-corrected chi connectivity index (χ0v) is 7.24. The van der Waals surface area contributed by atoms with E-state index in [0.29, 0.717) is 10.7 Å². The second-order valence-electron chi connectivity index (χ2n) is 2.71. The van der Waals surface area contributed by atoms with Crippen LogP contribution in [0.1, 0.15) is 0 Å². The van der Waals surface area contributed by atoms with Gasteiger partial charge < -0.3 is 10.1 Å². The van der Waals surface area contributed by atoms with E-state index in [0.717, 1.165) is 0 Å². The maximum absolute atomic E-state index is 12.7. The maximum atomic E-state index is 12.7. The van der Waals surface area contributed by atoms with Crippen molar-refractivity contribution in [3.8, 4) is 5.75 Å². The van der Waals surface area contributed by atoms with Crippen LogP contribution in [0.15, 0.2) is 18.2 Å². The predicted octanol–water partition coefficient (Wildman–Crippen LogP) is 2.74. The first kappa shape index (κ1) is 8.56. The van der Waals surface area contributed by atoms with Crippen molar-refractivity contribution in [2.45, 2.75) is 6.11 Å². The van der Waals surface area contributed by atoms with Crippen molar-refractivity contribution in [3.63, 3.8) is 0 Å². The van der Waals surface area contributed by atoms with Crippen LogP contribution in [0.3, 0.4) is 0 Å². The summed E-state index contributed by atoms with van der Waals surface area (Å²) in [6.45, 7) is -0.552. The van der Waals surface area contributed by atoms with Crippen LogP contribution in [0, 0.1) is 0 Å². The quantitative estimate of drug-likeness (QED) is 0.703. The summed E-state index contributed by atoms with van der Waals surface area (Å²) in [5.41, 5.74) is 0.426. The Kier molecular flexibility index (Phi) is 1.80. The molecule has 2 nitrogen and oxygen atoms in total. The van der Waals surface area contributed by atoms with Crippen molar-refractivity contribution in [3.05, 3.63) is 23.2 Å². The fraction of sp³-hybridized carbons (Fsp3) is 0.250. The number of nitrogens with one attached hydrogen (secondary N) is 1. The van der Waals surface area contributed by atoms with E-state index in [2.05, 4.69) is 10.1 Å². The molecule has 1 aromatic rings.